The SMILES string of the molecule is Cc1ccc(OCCCCn2c(CCCCCNC(=O)c3cccc(C)c3)nc3ccccc32)cc1. The highest BCUT2D eigenvalue weighted by Gasteiger charge is 2.10. The first kappa shape index (κ1) is 25.5. The highest BCUT2D eigenvalue weighted by atomic mass is 16.5. The number of carbonyl (C=O) groups is 1. The molecule has 1 heterocycles. The Morgan fingerprint density at radius 1 is 0.861 bits per heavy atom. The fourth-order valence-corrected chi connectivity index (χ4v) is 4.44. The van der Waals surface area contributed by atoms with Crippen LogP contribution in [0.2, 0.25) is 0 Å². The molecule has 1 aromatic heterocycles. The van der Waals surface area contributed by atoms with Crippen LogP contribution in [0, 0.1) is 13.8 Å². The molecule has 0 saturated heterocycles. The lowest BCUT2D eigenvalue weighted by Gasteiger charge is -2.11. The molecule has 1 amide bonds. The maximum atomic E-state index is 12.3. The lowest BCUT2D eigenvalue weighted by Crippen LogP contribution is -2.24. The van der Waals surface area contributed by atoms with Gasteiger partial charge in [-0.15, -0.1) is 0 Å². The zero-order chi connectivity index (χ0) is 25.2. The van der Waals surface area contributed by atoms with E-state index in [-0.39, 0.29) is 5.91 Å². The van der Waals surface area contributed by atoms with Crippen LogP contribution in [-0.4, -0.2) is 28.6 Å². The van der Waals surface area contributed by atoms with E-state index in [2.05, 4.69) is 53.2 Å². The molecule has 5 nitrogen and oxygen atoms in total. The van der Waals surface area contributed by atoms with E-state index in [1.807, 2.05) is 43.3 Å². The zero-order valence-electron chi connectivity index (χ0n) is 21.5. The van der Waals surface area contributed by atoms with E-state index >= 15 is 0 Å². The van der Waals surface area contributed by atoms with Gasteiger partial charge in [0.25, 0.3) is 5.91 Å². The number of ether oxygens (including phenoxy) is 1. The molecule has 0 fully saturated rings. The van der Waals surface area contributed by atoms with Gasteiger partial charge in [0, 0.05) is 25.1 Å². The van der Waals surface area contributed by atoms with Gasteiger partial charge in [-0.05, 0) is 75.9 Å². The molecule has 5 heteroatoms. The number of para-hydroxylation sites is 2. The van der Waals surface area contributed by atoms with E-state index in [4.69, 9.17) is 9.72 Å². The predicted octanol–water partition coefficient (Wildman–Crippen LogP) is 6.66. The third kappa shape index (κ3) is 7.20. The summed E-state index contributed by atoms with van der Waals surface area (Å²) in [5.74, 6) is 2.09. The third-order valence-electron chi connectivity index (χ3n) is 6.44. The van der Waals surface area contributed by atoms with Gasteiger partial charge in [0.15, 0.2) is 0 Å². The number of hydrogen-bond donors (Lipinski definition) is 1. The molecule has 0 aliphatic heterocycles. The van der Waals surface area contributed by atoms with Crippen LogP contribution in [0.15, 0.2) is 72.8 Å². The van der Waals surface area contributed by atoms with Gasteiger partial charge < -0.3 is 14.6 Å². The number of benzene rings is 3. The average molecular weight is 484 g/mol. The monoisotopic (exact) mass is 483 g/mol. The number of nitrogens with one attached hydrogen (secondary N) is 1. The minimum absolute atomic E-state index is 0.00634. The second kappa shape index (κ2) is 12.9. The molecule has 0 aliphatic carbocycles. The van der Waals surface area contributed by atoms with Gasteiger partial charge in [0.05, 0.1) is 17.6 Å². The van der Waals surface area contributed by atoms with Gasteiger partial charge in [-0.25, -0.2) is 4.98 Å². The molecule has 0 aliphatic rings. The van der Waals surface area contributed by atoms with Gasteiger partial charge in [0.1, 0.15) is 11.6 Å². The Balaban J connectivity index is 1.21. The van der Waals surface area contributed by atoms with Crippen LogP contribution in [0.3, 0.4) is 0 Å². The van der Waals surface area contributed by atoms with Crippen molar-refractivity contribution in [3.63, 3.8) is 0 Å². The molecule has 1 N–H and O–H groups in total. The Kier molecular flexibility index (Phi) is 9.15. The number of fused-ring (bicyclic) bond motifs is 1. The van der Waals surface area contributed by atoms with E-state index in [1.54, 1.807) is 0 Å². The number of imidazole rings is 1. The van der Waals surface area contributed by atoms with Crippen molar-refractivity contribution in [2.75, 3.05) is 13.2 Å². The van der Waals surface area contributed by atoms with E-state index in [9.17, 15) is 4.79 Å². The molecule has 0 bridgehead atoms. The normalized spacial score (nSPS) is 11.1. The van der Waals surface area contributed by atoms with Crippen molar-refractivity contribution >= 4 is 16.9 Å². The minimum atomic E-state index is 0.00634. The van der Waals surface area contributed by atoms with Crippen molar-refractivity contribution in [1.29, 1.82) is 0 Å². The summed E-state index contributed by atoms with van der Waals surface area (Å²) in [6.45, 7) is 6.45. The van der Waals surface area contributed by atoms with Gasteiger partial charge in [-0.1, -0.05) is 53.9 Å². The van der Waals surface area contributed by atoms with Crippen molar-refractivity contribution < 1.29 is 9.53 Å². The topological polar surface area (TPSA) is 56.1 Å². The second-order valence-electron chi connectivity index (χ2n) is 9.47. The molecular formula is C31H37N3O2. The summed E-state index contributed by atoms with van der Waals surface area (Å²) in [5.41, 5.74) is 5.34. The summed E-state index contributed by atoms with van der Waals surface area (Å²) < 4.78 is 8.27. The van der Waals surface area contributed by atoms with Crippen LogP contribution >= 0.6 is 0 Å². The third-order valence-corrected chi connectivity index (χ3v) is 6.44. The summed E-state index contributed by atoms with van der Waals surface area (Å²) >= 11 is 0. The van der Waals surface area contributed by atoms with Crippen molar-refractivity contribution in [3.8, 4) is 5.75 Å². The minimum Gasteiger partial charge on any atom is -0.494 e. The van der Waals surface area contributed by atoms with Crippen LogP contribution in [0.5, 0.6) is 5.75 Å². The molecule has 0 saturated carbocycles. The fraction of sp³-hybridized carbons (Fsp3) is 0.355. The first-order valence-corrected chi connectivity index (χ1v) is 13.1. The summed E-state index contributed by atoms with van der Waals surface area (Å²) in [6.07, 6.45) is 6.07. The van der Waals surface area contributed by atoms with Crippen molar-refractivity contribution in [3.05, 3.63) is 95.3 Å². The number of unbranched alkanes of at least 4 members (excludes halogenated alkanes) is 3. The lowest BCUT2D eigenvalue weighted by molar-refractivity contribution is 0.0953. The predicted molar refractivity (Wildman–Crippen MR) is 147 cm³/mol. The van der Waals surface area contributed by atoms with E-state index < -0.39 is 0 Å². The summed E-state index contributed by atoms with van der Waals surface area (Å²) in [4.78, 5) is 17.2. The van der Waals surface area contributed by atoms with E-state index in [0.29, 0.717) is 6.54 Å². The number of aromatic nitrogens is 2. The Morgan fingerprint density at radius 3 is 2.53 bits per heavy atom. The largest absolute Gasteiger partial charge is 0.494 e. The Bertz CT molecular complexity index is 1260. The number of rotatable bonds is 13. The van der Waals surface area contributed by atoms with Crippen molar-refractivity contribution in [1.82, 2.24) is 14.9 Å². The molecular weight excluding hydrogens is 446 g/mol. The lowest BCUT2D eigenvalue weighted by atomic mass is 10.1. The van der Waals surface area contributed by atoms with Crippen molar-refractivity contribution in [2.24, 2.45) is 0 Å². The molecule has 0 spiro atoms. The summed E-state index contributed by atoms with van der Waals surface area (Å²) in [5, 5.41) is 3.04. The van der Waals surface area contributed by atoms with Crippen LogP contribution < -0.4 is 10.1 Å². The molecule has 3 aromatic carbocycles. The first-order valence-electron chi connectivity index (χ1n) is 13.1. The highest BCUT2D eigenvalue weighted by Crippen LogP contribution is 2.19. The van der Waals surface area contributed by atoms with Gasteiger partial charge >= 0.3 is 0 Å². The van der Waals surface area contributed by atoms with Gasteiger partial charge in [-0.3, -0.25) is 4.79 Å². The second-order valence-corrected chi connectivity index (χ2v) is 9.47. The van der Waals surface area contributed by atoms with Crippen molar-refractivity contribution in [2.45, 2.75) is 58.9 Å². The number of amides is 1. The molecule has 0 atom stereocenters. The van der Waals surface area contributed by atoms with Gasteiger partial charge in [0.2, 0.25) is 0 Å². The van der Waals surface area contributed by atoms with E-state index in [0.717, 1.165) is 79.9 Å². The van der Waals surface area contributed by atoms with Gasteiger partial charge in [-0.2, -0.15) is 0 Å². The number of aryl methyl sites for hydroxylation is 4. The van der Waals surface area contributed by atoms with Crippen LogP contribution in [0.25, 0.3) is 11.0 Å². The molecule has 0 unspecified atom stereocenters. The average Bonchev–Trinajstić information content (AvgIpc) is 3.24. The molecule has 36 heavy (non-hydrogen) atoms. The molecule has 4 aromatic rings. The maximum absolute atomic E-state index is 12.3. The number of nitrogens with zero attached hydrogens (tertiary/aromatic N) is 2. The zero-order valence-corrected chi connectivity index (χ0v) is 21.5. The fourth-order valence-electron chi connectivity index (χ4n) is 4.44. The van der Waals surface area contributed by atoms with Crippen LogP contribution in [0.4, 0.5) is 0 Å². The number of hydrogen-bond acceptors (Lipinski definition) is 3. The summed E-state index contributed by atoms with van der Waals surface area (Å²) in [6, 6.07) is 24.3. The number of carbonyl (C=O) groups excluding carboxylic acids is 1. The highest BCUT2D eigenvalue weighted by molar-refractivity contribution is 5.94. The first-order chi connectivity index (χ1) is 17.6. The standard InChI is InChI=1S/C31H37N3O2/c1-24-16-18-27(19-17-24)36-22-9-8-21-34-29-14-6-5-13-28(29)33-30(34)15-4-3-7-20-32-31(35)26-12-10-11-25(2)23-26/h5-6,10-14,16-19,23H,3-4,7-9,15,20-22H2,1-2H3,(H,32,35). The Morgan fingerprint density at radius 2 is 1.69 bits per heavy atom. The molecule has 4 rings (SSSR count). The quantitative estimate of drug-likeness (QED) is 0.217. The summed E-state index contributed by atoms with van der Waals surface area (Å²) in [7, 11) is 0. The molecule has 0 radical (unpaired) electrons. The van der Waals surface area contributed by atoms with Crippen LogP contribution in [-0.2, 0) is 13.0 Å². The van der Waals surface area contributed by atoms with Crippen LogP contribution in [0.1, 0.15) is 59.4 Å². The smallest absolute Gasteiger partial charge is 0.251 e. The van der Waals surface area contributed by atoms with E-state index in [1.165, 1.54) is 11.1 Å². The molecule has 188 valence electrons. The Labute approximate surface area is 214 Å². The Hall–Kier alpha value is -3.60. The maximum Gasteiger partial charge on any atom is 0.251 e.